The zero-order chi connectivity index (χ0) is 11.5. The lowest BCUT2D eigenvalue weighted by atomic mass is 10.1. The standard InChI is InChI=1S/C13H14O3/c1-9(2)13(14)16-12-7-3-6-11-10(12)5-4-8-15-11/h3,6-7H,1,4-5,8H2,2H3. The molecule has 0 saturated heterocycles. The first kappa shape index (κ1) is 10.7. The molecule has 0 fully saturated rings. The van der Waals surface area contributed by atoms with Gasteiger partial charge in [-0.1, -0.05) is 12.6 Å². The zero-order valence-electron chi connectivity index (χ0n) is 9.29. The Bertz CT molecular complexity index is 435. The quantitative estimate of drug-likeness (QED) is 0.434. The second-order valence-corrected chi connectivity index (χ2v) is 3.85. The van der Waals surface area contributed by atoms with E-state index in [2.05, 4.69) is 6.58 Å². The molecule has 0 spiro atoms. The van der Waals surface area contributed by atoms with Crippen molar-refractivity contribution in [3.63, 3.8) is 0 Å². The van der Waals surface area contributed by atoms with Gasteiger partial charge in [0.25, 0.3) is 0 Å². The molecule has 1 aliphatic rings. The Balaban J connectivity index is 2.27. The van der Waals surface area contributed by atoms with Crippen LogP contribution in [0.15, 0.2) is 30.4 Å². The smallest absolute Gasteiger partial charge is 0.338 e. The van der Waals surface area contributed by atoms with Crippen LogP contribution in [0.2, 0.25) is 0 Å². The minimum absolute atomic E-state index is 0.390. The van der Waals surface area contributed by atoms with Gasteiger partial charge in [0.05, 0.1) is 6.61 Å². The fraction of sp³-hybridized carbons (Fsp3) is 0.308. The van der Waals surface area contributed by atoms with E-state index in [1.54, 1.807) is 13.0 Å². The van der Waals surface area contributed by atoms with Crippen LogP contribution >= 0.6 is 0 Å². The van der Waals surface area contributed by atoms with Crippen molar-refractivity contribution in [3.8, 4) is 11.5 Å². The Morgan fingerprint density at radius 1 is 1.50 bits per heavy atom. The molecule has 0 bridgehead atoms. The zero-order valence-corrected chi connectivity index (χ0v) is 9.29. The first-order valence-electron chi connectivity index (χ1n) is 5.31. The highest BCUT2D eigenvalue weighted by molar-refractivity contribution is 5.89. The molecule has 3 nitrogen and oxygen atoms in total. The van der Waals surface area contributed by atoms with Gasteiger partial charge in [-0.3, -0.25) is 0 Å². The molecule has 0 amide bonds. The third-order valence-electron chi connectivity index (χ3n) is 2.47. The number of benzene rings is 1. The molecule has 0 atom stereocenters. The minimum atomic E-state index is -0.390. The van der Waals surface area contributed by atoms with Gasteiger partial charge in [0.1, 0.15) is 11.5 Å². The van der Waals surface area contributed by atoms with Crippen LogP contribution in [-0.2, 0) is 11.2 Å². The van der Waals surface area contributed by atoms with E-state index in [4.69, 9.17) is 9.47 Å². The molecule has 0 aromatic heterocycles. The summed E-state index contributed by atoms with van der Waals surface area (Å²) in [6.07, 6.45) is 1.84. The minimum Gasteiger partial charge on any atom is -0.493 e. The molecule has 16 heavy (non-hydrogen) atoms. The van der Waals surface area contributed by atoms with Crippen LogP contribution < -0.4 is 9.47 Å². The number of rotatable bonds is 2. The molecule has 3 heteroatoms. The summed E-state index contributed by atoms with van der Waals surface area (Å²) in [5.74, 6) is 1.02. The third-order valence-corrected chi connectivity index (χ3v) is 2.47. The van der Waals surface area contributed by atoms with Crippen molar-refractivity contribution in [2.24, 2.45) is 0 Å². The summed E-state index contributed by atoms with van der Waals surface area (Å²) in [7, 11) is 0. The summed E-state index contributed by atoms with van der Waals surface area (Å²) in [4.78, 5) is 11.4. The van der Waals surface area contributed by atoms with Crippen molar-refractivity contribution in [2.45, 2.75) is 19.8 Å². The highest BCUT2D eigenvalue weighted by Gasteiger charge is 2.17. The number of ether oxygens (including phenoxy) is 2. The molecular formula is C13H14O3. The Labute approximate surface area is 94.7 Å². The van der Waals surface area contributed by atoms with Crippen LogP contribution in [0.25, 0.3) is 0 Å². The molecule has 0 N–H and O–H groups in total. The third kappa shape index (κ3) is 2.08. The molecule has 0 saturated carbocycles. The summed E-state index contributed by atoms with van der Waals surface area (Å²) in [5, 5.41) is 0. The average molecular weight is 218 g/mol. The number of fused-ring (bicyclic) bond motifs is 1. The predicted molar refractivity (Wildman–Crippen MR) is 60.7 cm³/mol. The average Bonchev–Trinajstić information content (AvgIpc) is 2.29. The molecule has 84 valence electrons. The summed E-state index contributed by atoms with van der Waals surface area (Å²) in [6.45, 7) is 5.92. The first-order chi connectivity index (χ1) is 7.68. The Kier molecular flexibility index (Phi) is 2.95. The van der Waals surface area contributed by atoms with Gasteiger partial charge >= 0.3 is 5.97 Å². The lowest BCUT2D eigenvalue weighted by molar-refractivity contribution is -0.130. The molecule has 1 aromatic rings. The van der Waals surface area contributed by atoms with Gasteiger partial charge in [0.2, 0.25) is 0 Å². The molecule has 2 rings (SSSR count). The molecule has 1 aromatic carbocycles. The fourth-order valence-corrected chi connectivity index (χ4v) is 1.64. The van der Waals surface area contributed by atoms with Crippen LogP contribution in [0.5, 0.6) is 11.5 Å². The van der Waals surface area contributed by atoms with Crippen LogP contribution in [-0.4, -0.2) is 12.6 Å². The van der Waals surface area contributed by atoms with Gasteiger partial charge in [-0.2, -0.15) is 0 Å². The Morgan fingerprint density at radius 3 is 3.06 bits per heavy atom. The van der Waals surface area contributed by atoms with E-state index in [9.17, 15) is 4.79 Å². The van der Waals surface area contributed by atoms with Gasteiger partial charge in [-0.15, -0.1) is 0 Å². The van der Waals surface area contributed by atoms with E-state index in [-0.39, 0.29) is 5.97 Å². The van der Waals surface area contributed by atoms with Crippen LogP contribution in [0.3, 0.4) is 0 Å². The lowest BCUT2D eigenvalue weighted by Crippen LogP contribution is -2.13. The lowest BCUT2D eigenvalue weighted by Gasteiger charge is -2.19. The first-order valence-corrected chi connectivity index (χ1v) is 5.31. The van der Waals surface area contributed by atoms with Crippen LogP contribution in [0, 0.1) is 0 Å². The highest BCUT2D eigenvalue weighted by Crippen LogP contribution is 2.32. The van der Waals surface area contributed by atoms with Crippen LogP contribution in [0.1, 0.15) is 18.9 Å². The highest BCUT2D eigenvalue weighted by atomic mass is 16.5. The molecular weight excluding hydrogens is 204 g/mol. The van der Waals surface area contributed by atoms with Crippen molar-refractivity contribution >= 4 is 5.97 Å². The Morgan fingerprint density at radius 2 is 2.31 bits per heavy atom. The second kappa shape index (κ2) is 4.39. The van der Waals surface area contributed by atoms with Crippen molar-refractivity contribution in [3.05, 3.63) is 35.9 Å². The van der Waals surface area contributed by atoms with E-state index in [0.29, 0.717) is 11.3 Å². The normalized spacial score (nSPS) is 13.6. The number of hydrogen-bond acceptors (Lipinski definition) is 3. The summed E-state index contributed by atoms with van der Waals surface area (Å²) >= 11 is 0. The van der Waals surface area contributed by atoms with Gasteiger partial charge in [0.15, 0.2) is 0 Å². The molecule has 0 unspecified atom stereocenters. The van der Waals surface area contributed by atoms with E-state index in [1.165, 1.54) is 0 Å². The molecule has 1 heterocycles. The summed E-state index contributed by atoms with van der Waals surface area (Å²) < 4.78 is 10.7. The van der Waals surface area contributed by atoms with Crippen molar-refractivity contribution < 1.29 is 14.3 Å². The van der Waals surface area contributed by atoms with E-state index in [0.717, 1.165) is 30.8 Å². The van der Waals surface area contributed by atoms with E-state index < -0.39 is 0 Å². The molecule has 0 aliphatic carbocycles. The Hall–Kier alpha value is -1.77. The monoisotopic (exact) mass is 218 g/mol. The van der Waals surface area contributed by atoms with Crippen LogP contribution in [0.4, 0.5) is 0 Å². The second-order valence-electron chi connectivity index (χ2n) is 3.85. The molecule has 1 aliphatic heterocycles. The van der Waals surface area contributed by atoms with Gasteiger partial charge in [-0.25, -0.2) is 4.79 Å². The van der Waals surface area contributed by atoms with Crippen molar-refractivity contribution in [1.29, 1.82) is 0 Å². The van der Waals surface area contributed by atoms with Gasteiger partial charge in [0, 0.05) is 11.1 Å². The SMILES string of the molecule is C=C(C)C(=O)Oc1cccc2c1CCCO2. The fourth-order valence-electron chi connectivity index (χ4n) is 1.64. The maximum Gasteiger partial charge on any atom is 0.338 e. The molecule has 0 radical (unpaired) electrons. The maximum absolute atomic E-state index is 11.4. The topological polar surface area (TPSA) is 35.5 Å². The number of hydrogen-bond donors (Lipinski definition) is 0. The van der Waals surface area contributed by atoms with Gasteiger partial charge in [-0.05, 0) is 31.9 Å². The summed E-state index contributed by atoms with van der Waals surface area (Å²) in [6, 6.07) is 5.51. The van der Waals surface area contributed by atoms with Crippen molar-refractivity contribution in [2.75, 3.05) is 6.61 Å². The maximum atomic E-state index is 11.4. The number of esters is 1. The van der Waals surface area contributed by atoms with Crippen molar-refractivity contribution in [1.82, 2.24) is 0 Å². The largest absolute Gasteiger partial charge is 0.493 e. The number of carbonyl (C=O) groups excluding carboxylic acids is 1. The van der Waals surface area contributed by atoms with E-state index >= 15 is 0 Å². The van der Waals surface area contributed by atoms with E-state index in [1.807, 2.05) is 12.1 Å². The van der Waals surface area contributed by atoms with Gasteiger partial charge < -0.3 is 9.47 Å². The summed E-state index contributed by atoms with van der Waals surface area (Å²) in [5.41, 5.74) is 1.37. The predicted octanol–water partition coefficient (Wildman–Crippen LogP) is 2.49. The number of carbonyl (C=O) groups is 1.